The summed E-state index contributed by atoms with van der Waals surface area (Å²) >= 11 is 0. The second kappa shape index (κ2) is 12.0. The van der Waals surface area contributed by atoms with Gasteiger partial charge in [-0.1, -0.05) is 6.07 Å². The largest absolute Gasteiger partial charge is 0.378 e. The van der Waals surface area contributed by atoms with Gasteiger partial charge in [0.05, 0.1) is 53.8 Å². The normalized spacial score (nSPS) is 13.9. The van der Waals surface area contributed by atoms with Crippen molar-refractivity contribution in [2.75, 3.05) is 41.8 Å². The van der Waals surface area contributed by atoms with Crippen LogP contribution in [0.25, 0.3) is 27.9 Å². The lowest BCUT2D eigenvalue weighted by Gasteiger charge is -2.27. The summed E-state index contributed by atoms with van der Waals surface area (Å²) in [5.41, 5.74) is 2.71. The van der Waals surface area contributed by atoms with Gasteiger partial charge in [0.25, 0.3) is 5.91 Å². The maximum absolute atomic E-state index is 13.4. The van der Waals surface area contributed by atoms with E-state index in [4.69, 9.17) is 14.7 Å². The lowest BCUT2D eigenvalue weighted by atomic mass is 10.2. The van der Waals surface area contributed by atoms with E-state index in [1.165, 1.54) is 30.9 Å². The smallest absolute Gasteiger partial charge is 0.333 e. The SMILES string of the molecule is O=C(Nc1ccc2nc(CNc3nc(N4CCOCC4)nc4c3ncn4-c3cnn(C(F)F)c3)[nH]c2c1)c1cccc(S(=O)(=O)F)c1. The molecule has 7 rings (SSSR count). The van der Waals surface area contributed by atoms with Gasteiger partial charge in [-0.2, -0.15) is 32.3 Å². The quantitative estimate of drug-likeness (QED) is 0.192. The highest BCUT2D eigenvalue weighted by Gasteiger charge is 2.21. The molecule has 0 aliphatic carbocycles. The van der Waals surface area contributed by atoms with Gasteiger partial charge in [0.15, 0.2) is 17.0 Å². The first-order chi connectivity index (χ1) is 22.6. The number of fused-ring (bicyclic) bond motifs is 2. The summed E-state index contributed by atoms with van der Waals surface area (Å²) in [7, 11) is -4.97. The number of nitrogens with zero attached hydrogens (tertiary/aromatic N) is 8. The third-order valence-corrected chi connectivity index (χ3v) is 8.15. The zero-order chi connectivity index (χ0) is 32.7. The lowest BCUT2D eigenvalue weighted by Crippen LogP contribution is -2.37. The summed E-state index contributed by atoms with van der Waals surface area (Å²) in [6, 6.07) is 9.63. The van der Waals surface area contributed by atoms with E-state index in [1.54, 1.807) is 22.8 Å². The Morgan fingerprint density at radius 1 is 1.09 bits per heavy atom. The van der Waals surface area contributed by atoms with Gasteiger partial charge in [-0.05, 0) is 36.4 Å². The summed E-state index contributed by atoms with van der Waals surface area (Å²) in [4.78, 5) is 35.7. The number of halogens is 3. The van der Waals surface area contributed by atoms with E-state index in [2.05, 4.69) is 30.7 Å². The average molecular weight is 668 g/mol. The van der Waals surface area contributed by atoms with Crippen molar-refractivity contribution in [2.24, 2.45) is 0 Å². The van der Waals surface area contributed by atoms with Crippen LogP contribution in [0.15, 0.2) is 66.1 Å². The minimum absolute atomic E-state index is 0.0313. The molecule has 0 spiro atoms. The van der Waals surface area contributed by atoms with E-state index in [1.807, 2.05) is 4.90 Å². The number of hydrogen-bond acceptors (Lipinski definition) is 11. The zero-order valence-electron chi connectivity index (χ0n) is 24.1. The molecule has 5 heterocycles. The molecule has 0 saturated carbocycles. The summed E-state index contributed by atoms with van der Waals surface area (Å²) in [6.07, 6.45) is 3.96. The second-order valence-corrected chi connectivity index (χ2v) is 11.8. The van der Waals surface area contributed by atoms with Crippen LogP contribution >= 0.6 is 0 Å². The molecule has 1 aliphatic rings. The van der Waals surface area contributed by atoms with Gasteiger partial charge in [0.2, 0.25) is 5.95 Å². The number of anilines is 3. The van der Waals surface area contributed by atoms with Crippen LogP contribution in [-0.4, -0.2) is 79.9 Å². The van der Waals surface area contributed by atoms with Crippen molar-refractivity contribution >= 4 is 55.8 Å². The summed E-state index contributed by atoms with van der Waals surface area (Å²) < 4.78 is 69.8. The highest BCUT2D eigenvalue weighted by molar-refractivity contribution is 7.86. The molecule has 19 heteroatoms. The van der Waals surface area contributed by atoms with E-state index >= 15 is 0 Å². The van der Waals surface area contributed by atoms with Crippen molar-refractivity contribution in [3.05, 3.63) is 72.6 Å². The number of nitrogens with one attached hydrogen (secondary N) is 3. The Balaban J connectivity index is 1.14. The van der Waals surface area contributed by atoms with Gasteiger partial charge in [-0.3, -0.25) is 9.36 Å². The first kappa shape index (κ1) is 30.1. The molecule has 242 valence electrons. The Kier molecular flexibility index (Phi) is 7.68. The molecule has 1 saturated heterocycles. The van der Waals surface area contributed by atoms with Crippen molar-refractivity contribution in [1.29, 1.82) is 0 Å². The molecule has 15 nitrogen and oxygen atoms in total. The Labute approximate surface area is 263 Å². The van der Waals surface area contributed by atoms with E-state index in [9.17, 15) is 25.9 Å². The van der Waals surface area contributed by atoms with Crippen LogP contribution in [0.2, 0.25) is 0 Å². The number of morpholine rings is 1. The third-order valence-electron chi connectivity index (χ3n) is 7.33. The predicted molar refractivity (Wildman–Crippen MR) is 163 cm³/mol. The molecule has 4 aromatic heterocycles. The maximum atomic E-state index is 13.4. The molecular formula is C28H24F3N11O4S. The van der Waals surface area contributed by atoms with Gasteiger partial charge >= 0.3 is 16.8 Å². The molecule has 3 N–H and O–H groups in total. The average Bonchev–Trinajstić information content (AvgIpc) is 3.82. The first-order valence-electron chi connectivity index (χ1n) is 14.1. The Morgan fingerprint density at radius 2 is 1.91 bits per heavy atom. The Morgan fingerprint density at radius 3 is 2.68 bits per heavy atom. The number of carbonyl (C=O) groups is 1. The summed E-state index contributed by atoms with van der Waals surface area (Å²) in [5, 5.41) is 9.64. The molecule has 2 aromatic carbocycles. The molecule has 1 aliphatic heterocycles. The summed E-state index contributed by atoms with van der Waals surface area (Å²) in [5.74, 6) is 0.705. The topological polar surface area (TPSA) is 178 Å². The van der Waals surface area contributed by atoms with E-state index in [0.29, 0.717) is 82.1 Å². The van der Waals surface area contributed by atoms with Crippen LogP contribution in [0.4, 0.5) is 30.1 Å². The number of ether oxygens (including phenoxy) is 1. The number of carbonyl (C=O) groups excluding carboxylic acids is 1. The van der Waals surface area contributed by atoms with Gasteiger partial charge in [-0.25, -0.2) is 14.6 Å². The maximum Gasteiger partial charge on any atom is 0.333 e. The number of H-pyrrole nitrogens is 1. The van der Waals surface area contributed by atoms with Crippen LogP contribution in [0.3, 0.4) is 0 Å². The van der Waals surface area contributed by atoms with Crippen LogP contribution in [-0.2, 0) is 21.5 Å². The van der Waals surface area contributed by atoms with Crippen LogP contribution in [0.1, 0.15) is 22.7 Å². The van der Waals surface area contributed by atoms with Crippen molar-refractivity contribution < 1.29 is 30.6 Å². The van der Waals surface area contributed by atoms with E-state index in [-0.39, 0.29) is 12.1 Å². The number of rotatable bonds is 9. The van der Waals surface area contributed by atoms with Gasteiger partial charge < -0.3 is 25.3 Å². The number of hydrogen-bond donors (Lipinski definition) is 3. The molecule has 0 unspecified atom stereocenters. The second-order valence-electron chi connectivity index (χ2n) is 10.4. The van der Waals surface area contributed by atoms with E-state index < -0.39 is 27.6 Å². The minimum Gasteiger partial charge on any atom is -0.378 e. The van der Waals surface area contributed by atoms with Crippen molar-refractivity contribution in [3.8, 4) is 5.69 Å². The van der Waals surface area contributed by atoms with Crippen molar-refractivity contribution in [3.63, 3.8) is 0 Å². The highest BCUT2D eigenvalue weighted by Crippen LogP contribution is 2.27. The summed E-state index contributed by atoms with van der Waals surface area (Å²) in [6.45, 7) is -0.496. The predicted octanol–water partition coefficient (Wildman–Crippen LogP) is 3.64. The number of aromatic amines is 1. The fourth-order valence-electron chi connectivity index (χ4n) is 5.05. The molecule has 6 aromatic rings. The van der Waals surface area contributed by atoms with Gasteiger partial charge in [0.1, 0.15) is 12.2 Å². The highest BCUT2D eigenvalue weighted by atomic mass is 32.3. The van der Waals surface area contributed by atoms with Crippen LogP contribution < -0.4 is 15.5 Å². The third kappa shape index (κ3) is 6.17. The fourth-order valence-corrected chi connectivity index (χ4v) is 5.56. The molecule has 0 bridgehead atoms. The number of imidazole rings is 2. The van der Waals surface area contributed by atoms with Crippen LogP contribution in [0.5, 0.6) is 0 Å². The van der Waals surface area contributed by atoms with Crippen molar-refractivity contribution in [2.45, 2.75) is 18.0 Å². The standard InChI is InChI=1S/C28H24F3N11O4S/c29-27(30)42-14-18(12-34-42)41-15-33-23-24(38-28(39-25(23)41)40-6-8-46-9-7-40)32-13-22-36-20-5-4-17(11-21(20)37-22)35-26(43)16-2-1-3-19(10-16)47(31,44)45/h1-5,10-12,14-15,27H,6-9,13H2,(H,35,43)(H,36,37)(H,32,38,39). The Hall–Kier alpha value is -5.56. The monoisotopic (exact) mass is 667 g/mol. The first-order valence-corrected chi connectivity index (χ1v) is 15.5. The Bertz CT molecular complexity index is 2230. The number of alkyl halides is 2. The molecule has 0 radical (unpaired) electrons. The number of aromatic nitrogens is 8. The molecule has 47 heavy (non-hydrogen) atoms. The van der Waals surface area contributed by atoms with Gasteiger partial charge in [-0.15, -0.1) is 3.89 Å². The fraction of sp³-hybridized carbons (Fsp3) is 0.214. The van der Waals surface area contributed by atoms with E-state index in [0.717, 1.165) is 12.1 Å². The van der Waals surface area contributed by atoms with Crippen molar-refractivity contribution in [1.82, 2.24) is 39.3 Å². The van der Waals surface area contributed by atoms with Crippen LogP contribution in [0, 0.1) is 0 Å². The number of benzene rings is 2. The zero-order valence-corrected chi connectivity index (χ0v) is 25.0. The molecule has 0 atom stereocenters. The minimum atomic E-state index is -4.97. The lowest BCUT2D eigenvalue weighted by molar-refractivity contribution is 0.0566. The number of amides is 1. The molecular weight excluding hydrogens is 643 g/mol. The molecule has 1 fully saturated rings. The molecule has 1 amide bonds. The van der Waals surface area contributed by atoms with Gasteiger partial charge in [0, 0.05) is 24.3 Å².